The number of hydrogen-bond acceptors (Lipinski definition) is 2. The summed E-state index contributed by atoms with van der Waals surface area (Å²) < 4.78 is 0. The molecule has 4 atom stereocenters. The van der Waals surface area contributed by atoms with E-state index < -0.39 is 0 Å². The van der Waals surface area contributed by atoms with Crippen molar-refractivity contribution in [3.8, 4) is 11.1 Å². The normalized spacial score (nSPS) is 24.7. The number of rotatable bonds is 7. The van der Waals surface area contributed by atoms with Crippen LogP contribution in [0.4, 0.5) is 0 Å². The van der Waals surface area contributed by atoms with Gasteiger partial charge in [-0.3, -0.25) is 0 Å². The van der Waals surface area contributed by atoms with E-state index in [4.69, 9.17) is 5.41 Å². The van der Waals surface area contributed by atoms with Crippen molar-refractivity contribution in [2.45, 2.75) is 45.6 Å². The van der Waals surface area contributed by atoms with Gasteiger partial charge in [0.25, 0.3) is 0 Å². The molecule has 0 aromatic heterocycles. The van der Waals surface area contributed by atoms with E-state index in [1.165, 1.54) is 56.7 Å². The minimum Gasteiger partial charge on any atom is -0.378 e. The third-order valence-electron chi connectivity index (χ3n) is 10.6. The molecule has 5 aliphatic carbocycles. The van der Waals surface area contributed by atoms with Crippen LogP contribution in [0.25, 0.3) is 16.7 Å². The van der Waals surface area contributed by atoms with Crippen molar-refractivity contribution >= 4 is 11.3 Å². The number of benzene rings is 3. The van der Waals surface area contributed by atoms with Gasteiger partial charge in [0.2, 0.25) is 0 Å². The maximum atomic E-state index is 9.09. The molecule has 0 bridgehead atoms. The Morgan fingerprint density at radius 2 is 1.59 bits per heavy atom. The largest absolute Gasteiger partial charge is 0.378 e. The van der Waals surface area contributed by atoms with Gasteiger partial charge in [-0.25, -0.2) is 0 Å². The first kappa shape index (κ1) is 27.1. The van der Waals surface area contributed by atoms with Gasteiger partial charge in [0.05, 0.1) is 0 Å². The fourth-order valence-corrected chi connectivity index (χ4v) is 7.85. The summed E-state index contributed by atoms with van der Waals surface area (Å²) in [5, 5.41) is 13.0. The summed E-state index contributed by atoms with van der Waals surface area (Å²) in [5.41, 5.74) is 14.0. The second-order valence-electron chi connectivity index (χ2n) is 13.7. The van der Waals surface area contributed by atoms with Crippen LogP contribution in [0.1, 0.15) is 55.4 Å². The van der Waals surface area contributed by atoms with Gasteiger partial charge < -0.3 is 10.7 Å². The summed E-state index contributed by atoms with van der Waals surface area (Å²) in [7, 11) is 0. The maximum absolute atomic E-state index is 9.09. The fourth-order valence-electron chi connectivity index (χ4n) is 7.85. The molecule has 0 radical (unpaired) electrons. The molecule has 5 aliphatic rings. The highest BCUT2D eigenvalue weighted by Crippen LogP contribution is 2.53. The van der Waals surface area contributed by atoms with Gasteiger partial charge in [-0.2, -0.15) is 0 Å². The first-order valence-electron chi connectivity index (χ1n) is 16.3. The monoisotopic (exact) mass is 572 g/mol. The highest BCUT2D eigenvalue weighted by Gasteiger charge is 2.43. The Balaban J connectivity index is 1.03. The van der Waals surface area contributed by atoms with Crippen molar-refractivity contribution in [3.05, 3.63) is 161 Å². The summed E-state index contributed by atoms with van der Waals surface area (Å²) in [6, 6.07) is 26.1. The van der Waals surface area contributed by atoms with Crippen LogP contribution in [0.2, 0.25) is 0 Å². The highest BCUT2D eigenvalue weighted by molar-refractivity contribution is 6.02. The topological polar surface area (TPSA) is 35.9 Å². The Morgan fingerprint density at radius 3 is 2.43 bits per heavy atom. The van der Waals surface area contributed by atoms with E-state index in [-0.39, 0.29) is 17.4 Å². The lowest BCUT2D eigenvalue weighted by Gasteiger charge is -2.35. The van der Waals surface area contributed by atoms with E-state index in [2.05, 4.69) is 122 Å². The Bertz CT molecular complexity index is 1840. The average molecular weight is 573 g/mol. The first-order chi connectivity index (χ1) is 21.5. The van der Waals surface area contributed by atoms with E-state index >= 15 is 0 Å². The predicted molar refractivity (Wildman–Crippen MR) is 183 cm³/mol. The van der Waals surface area contributed by atoms with Gasteiger partial charge in [-0.05, 0) is 99.6 Å². The Kier molecular flexibility index (Phi) is 6.56. The molecule has 1 saturated carbocycles. The molecule has 218 valence electrons. The van der Waals surface area contributed by atoms with Crippen molar-refractivity contribution in [2.75, 3.05) is 0 Å². The zero-order valence-electron chi connectivity index (χ0n) is 25.7. The molecule has 2 heteroatoms. The van der Waals surface area contributed by atoms with Gasteiger partial charge in [-0.1, -0.05) is 129 Å². The number of hydrogen-bond donors (Lipinski definition) is 2. The lowest BCUT2D eigenvalue weighted by atomic mass is 9.69. The van der Waals surface area contributed by atoms with Crippen LogP contribution < -0.4 is 5.32 Å². The highest BCUT2D eigenvalue weighted by atomic mass is 14.9. The van der Waals surface area contributed by atoms with Crippen LogP contribution in [-0.4, -0.2) is 11.8 Å². The smallest absolute Gasteiger partial charge is 0.0482 e. The first-order valence-corrected chi connectivity index (χ1v) is 16.3. The Labute approximate surface area is 261 Å². The Morgan fingerprint density at radius 1 is 0.795 bits per heavy atom. The van der Waals surface area contributed by atoms with E-state index in [0.29, 0.717) is 11.8 Å². The van der Waals surface area contributed by atoms with E-state index in [1.54, 1.807) is 0 Å². The van der Waals surface area contributed by atoms with E-state index in [0.717, 1.165) is 30.5 Å². The molecule has 1 fully saturated rings. The molecule has 2 nitrogen and oxygen atoms in total. The summed E-state index contributed by atoms with van der Waals surface area (Å²) in [6.07, 6.45) is 23.2. The third kappa shape index (κ3) is 4.68. The number of allylic oxidation sites excluding steroid dienone is 9. The van der Waals surface area contributed by atoms with Crippen molar-refractivity contribution in [1.29, 1.82) is 5.41 Å². The molecule has 0 spiro atoms. The molecule has 44 heavy (non-hydrogen) atoms. The summed E-state index contributed by atoms with van der Waals surface area (Å²) in [5.74, 6) is 1.55. The number of fused-ring (bicyclic) bond motifs is 4. The molecule has 0 aliphatic heterocycles. The van der Waals surface area contributed by atoms with Crippen LogP contribution in [0.5, 0.6) is 0 Å². The second kappa shape index (κ2) is 10.6. The minimum atomic E-state index is -0.259. The van der Waals surface area contributed by atoms with Gasteiger partial charge in [0, 0.05) is 22.9 Å². The van der Waals surface area contributed by atoms with Crippen LogP contribution in [0.15, 0.2) is 138 Å². The predicted octanol–water partition coefficient (Wildman–Crippen LogP) is 9.62. The molecule has 0 amide bonds. The molecule has 3 aromatic carbocycles. The molecule has 3 aromatic rings. The van der Waals surface area contributed by atoms with Gasteiger partial charge in [0.15, 0.2) is 0 Å². The van der Waals surface area contributed by atoms with Gasteiger partial charge >= 0.3 is 0 Å². The summed E-state index contributed by atoms with van der Waals surface area (Å²) >= 11 is 0. The molecular formula is C42H40N2. The minimum absolute atomic E-state index is 0.259. The van der Waals surface area contributed by atoms with Crippen molar-refractivity contribution in [1.82, 2.24) is 5.32 Å². The molecule has 0 saturated heterocycles. The zero-order chi connectivity index (χ0) is 29.8. The van der Waals surface area contributed by atoms with Crippen molar-refractivity contribution in [2.24, 2.45) is 23.2 Å². The van der Waals surface area contributed by atoms with Gasteiger partial charge in [0.1, 0.15) is 0 Å². The maximum Gasteiger partial charge on any atom is 0.0482 e. The van der Waals surface area contributed by atoms with E-state index in [1.807, 2.05) is 18.2 Å². The summed E-state index contributed by atoms with van der Waals surface area (Å²) in [6.45, 7) is 4.48. The molecule has 8 rings (SSSR count). The zero-order valence-corrected chi connectivity index (χ0v) is 25.7. The molecule has 2 N–H and O–H groups in total. The molecular weight excluding hydrogens is 532 g/mol. The van der Waals surface area contributed by atoms with Crippen molar-refractivity contribution in [3.63, 3.8) is 0 Å². The second-order valence-corrected chi connectivity index (χ2v) is 13.7. The molecule has 3 unspecified atom stereocenters. The summed E-state index contributed by atoms with van der Waals surface area (Å²) in [4.78, 5) is 0. The van der Waals surface area contributed by atoms with E-state index in [9.17, 15) is 0 Å². The van der Waals surface area contributed by atoms with Gasteiger partial charge in [-0.15, -0.1) is 0 Å². The third-order valence-corrected chi connectivity index (χ3v) is 10.6. The lowest BCUT2D eigenvalue weighted by molar-refractivity contribution is 0.373. The Hall–Kier alpha value is -4.43. The van der Waals surface area contributed by atoms with Crippen molar-refractivity contribution < 1.29 is 0 Å². The lowest BCUT2D eigenvalue weighted by Crippen LogP contribution is -2.33. The number of nitrogens with one attached hydrogen (secondary N) is 2. The standard InChI is InChI=1S/C42H40N2/c1-42(2,41(43)28-10-4-3-5-11-28)32-14-8-13-31(24-32)40-37-25-30(37)20-23-39(40)44-33-21-18-27(19-22-33)34-16-9-17-36-35-15-7-6-12-29(35)26-38(34)36/h3-13,15-21,23-24,30,32-33,37,43-44H,14,22,25-26H2,1-2H3/t30?,32?,33?,37-/m0/s1. The van der Waals surface area contributed by atoms with Crippen LogP contribution in [-0.2, 0) is 6.42 Å². The van der Waals surface area contributed by atoms with Crippen LogP contribution in [0, 0.1) is 28.6 Å². The SMILES string of the molecule is CC(C)(C(=N)c1ccccc1)C1C=C(C2=C(NC3C=CC(c4cccc5c4Cc4ccccc4-5)=CC3)C=CC3C[C@H]23)C=CC1. The average Bonchev–Trinajstić information content (AvgIpc) is 3.76. The molecule has 0 heterocycles. The van der Waals surface area contributed by atoms with Crippen LogP contribution in [0.3, 0.4) is 0 Å². The fraction of sp³-hybridized carbons (Fsp3) is 0.262. The van der Waals surface area contributed by atoms with Crippen LogP contribution >= 0.6 is 0 Å². The quantitative estimate of drug-likeness (QED) is 0.213.